The van der Waals surface area contributed by atoms with Crippen molar-refractivity contribution < 1.29 is 9.59 Å². The summed E-state index contributed by atoms with van der Waals surface area (Å²) < 4.78 is 0. The topological polar surface area (TPSA) is 60.2 Å². The summed E-state index contributed by atoms with van der Waals surface area (Å²) in [5.41, 5.74) is 5.45. The van der Waals surface area contributed by atoms with E-state index in [0.29, 0.717) is 5.75 Å². The van der Waals surface area contributed by atoms with Crippen LogP contribution in [0.25, 0.3) is 0 Å². The molecule has 0 rings (SSSR count). The van der Waals surface area contributed by atoms with Crippen molar-refractivity contribution >= 4 is 22.7 Å². The highest BCUT2D eigenvalue weighted by atomic mass is 32.2. The summed E-state index contributed by atoms with van der Waals surface area (Å²) in [4.78, 5) is 21.1. The van der Waals surface area contributed by atoms with Crippen LogP contribution in [-0.2, 0) is 9.59 Å². The van der Waals surface area contributed by atoms with E-state index in [1.165, 1.54) is 6.92 Å². The third kappa shape index (κ3) is 6.06. The van der Waals surface area contributed by atoms with Gasteiger partial charge in [0.1, 0.15) is 0 Å². The summed E-state index contributed by atoms with van der Waals surface area (Å²) in [7, 11) is 0. The Morgan fingerprint density at radius 1 is 1.55 bits per heavy atom. The molecule has 0 aromatic heterocycles. The van der Waals surface area contributed by atoms with Crippen molar-refractivity contribution in [2.45, 2.75) is 26.3 Å². The van der Waals surface area contributed by atoms with Gasteiger partial charge in [-0.15, -0.1) is 0 Å². The summed E-state index contributed by atoms with van der Waals surface area (Å²) in [6.07, 6.45) is 0.768. The van der Waals surface area contributed by atoms with Crippen LogP contribution in [0.3, 0.4) is 0 Å². The van der Waals surface area contributed by atoms with Gasteiger partial charge in [-0.3, -0.25) is 9.59 Å². The van der Waals surface area contributed by atoms with E-state index in [-0.39, 0.29) is 16.9 Å². The maximum absolute atomic E-state index is 10.7. The highest BCUT2D eigenvalue weighted by Gasteiger charge is 2.07. The number of Topliss-reactive ketones (excluding diaryl/α,β-unsaturated/α-hetero) is 1. The SMILES string of the molecule is CC(=O)C(=O)SCCC(C)N. The molecule has 3 nitrogen and oxygen atoms in total. The zero-order chi connectivity index (χ0) is 8.85. The van der Waals surface area contributed by atoms with E-state index in [1.54, 1.807) is 0 Å². The van der Waals surface area contributed by atoms with E-state index < -0.39 is 0 Å². The molecule has 0 aliphatic carbocycles. The predicted molar refractivity (Wildman–Crippen MR) is 46.4 cm³/mol. The van der Waals surface area contributed by atoms with Crippen molar-refractivity contribution in [2.75, 3.05) is 5.75 Å². The van der Waals surface area contributed by atoms with E-state index in [0.717, 1.165) is 18.2 Å². The number of carbonyl (C=O) groups is 2. The number of carbonyl (C=O) groups excluding carboxylic acids is 2. The molecule has 2 N–H and O–H groups in total. The lowest BCUT2D eigenvalue weighted by atomic mass is 10.3. The van der Waals surface area contributed by atoms with Crippen molar-refractivity contribution in [3.05, 3.63) is 0 Å². The molecule has 4 heteroatoms. The minimum absolute atomic E-state index is 0.0993. The lowest BCUT2D eigenvalue weighted by Gasteiger charge is -2.01. The Bertz CT molecular complexity index is 157. The van der Waals surface area contributed by atoms with Gasteiger partial charge in [-0.1, -0.05) is 11.8 Å². The monoisotopic (exact) mass is 175 g/mol. The molecule has 0 aliphatic rings. The van der Waals surface area contributed by atoms with Crippen LogP contribution < -0.4 is 5.73 Å². The molecule has 0 radical (unpaired) electrons. The molecule has 0 aromatic rings. The molecular weight excluding hydrogens is 162 g/mol. The second-order valence-corrected chi connectivity index (χ2v) is 3.53. The summed E-state index contributed by atoms with van der Waals surface area (Å²) in [5, 5.41) is -0.370. The largest absolute Gasteiger partial charge is 0.328 e. The highest BCUT2D eigenvalue weighted by Crippen LogP contribution is 2.05. The second kappa shape index (κ2) is 5.32. The van der Waals surface area contributed by atoms with Gasteiger partial charge in [0.15, 0.2) is 0 Å². The molecule has 0 saturated heterocycles. The lowest BCUT2D eigenvalue weighted by molar-refractivity contribution is -0.130. The van der Waals surface area contributed by atoms with Crippen molar-refractivity contribution in [2.24, 2.45) is 5.73 Å². The molecule has 1 atom stereocenters. The molecule has 11 heavy (non-hydrogen) atoms. The first-order valence-corrected chi connectivity index (χ1v) is 4.46. The normalized spacial score (nSPS) is 12.6. The van der Waals surface area contributed by atoms with Gasteiger partial charge in [-0.2, -0.15) is 0 Å². The third-order valence-corrected chi connectivity index (χ3v) is 2.08. The van der Waals surface area contributed by atoms with Gasteiger partial charge in [0.05, 0.1) is 0 Å². The lowest BCUT2D eigenvalue weighted by Crippen LogP contribution is -2.16. The van der Waals surface area contributed by atoms with Crippen molar-refractivity contribution in [1.82, 2.24) is 0 Å². The highest BCUT2D eigenvalue weighted by molar-refractivity contribution is 8.15. The first-order chi connectivity index (χ1) is 5.04. The second-order valence-electron chi connectivity index (χ2n) is 2.46. The molecule has 0 amide bonds. The van der Waals surface area contributed by atoms with E-state index in [4.69, 9.17) is 5.73 Å². The van der Waals surface area contributed by atoms with Crippen LogP contribution in [0.5, 0.6) is 0 Å². The molecule has 1 unspecified atom stereocenters. The zero-order valence-electron chi connectivity index (χ0n) is 6.79. The number of ketones is 1. The van der Waals surface area contributed by atoms with Crippen LogP contribution in [0, 0.1) is 0 Å². The van der Waals surface area contributed by atoms with Crippen molar-refractivity contribution in [1.29, 1.82) is 0 Å². The molecule has 64 valence electrons. The molecular formula is C7H13NO2S. The van der Waals surface area contributed by atoms with E-state index in [1.807, 2.05) is 6.92 Å². The van der Waals surface area contributed by atoms with Gasteiger partial charge in [0.2, 0.25) is 5.78 Å². The Labute approximate surface area is 70.7 Å². The molecule has 0 aromatic carbocycles. The maximum Gasteiger partial charge on any atom is 0.254 e. The van der Waals surface area contributed by atoms with Crippen molar-refractivity contribution in [3.63, 3.8) is 0 Å². The Morgan fingerprint density at radius 3 is 2.45 bits per heavy atom. The minimum Gasteiger partial charge on any atom is -0.328 e. The number of rotatable bonds is 4. The first-order valence-electron chi connectivity index (χ1n) is 3.47. The Kier molecular flexibility index (Phi) is 5.15. The fraction of sp³-hybridized carbons (Fsp3) is 0.714. The maximum atomic E-state index is 10.7. The Morgan fingerprint density at radius 2 is 2.09 bits per heavy atom. The molecule has 0 fully saturated rings. The van der Waals surface area contributed by atoms with Crippen LogP contribution in [0.15, 0.2) is 0 Å². The van der Waals surface area contributed by atoms with Crippen LogP contribution in [0.1, 0.15) is 20.3 Å². The van der Waals surface area contributed by atoms with Gasteiger partial charge in [-0.25, -0.2) is 0 Å². The van der Waals surface area contributed by atoms with E-state index in [9.17, 15) is 9.59 Å². The van der Waals surface area contributed by atoms with E-state index in [2.05, 4.69) is 0 Å². The van der Waals surface area contributed by atoms with Gasteiger partial charge in [0.25, 0.3) is 5.12 Å². The predicted octanol–water partition coefficient (Wildman–Crippen LogP) is 0.573. The summed E-state index contributed by atoms with van der Waals surface area (Å²) >= 11 is 1.04. The fourth-order valence-electron chi connectivity index (χ4n) is 0.439. The molecule has 0 bridgehead atoms. The van der Waals surface area contributed by atoms with Crippen LogP contribution in [0.4, 0.5) is 0 Å². The fourth-order valence-corrected chi connectivity index (χ4v) is 1.32. The minimum atomic E-state index is -0.389. The number of hydrogen-bond donors (Lipinski definition) is 1. The Balaban J connectivity index is 3.40. The molecule has 0 spiro atoms. The van der Waals surface area contributed by atoms with Crippen molar-refractivity contribution in [3.8, 4) is 0 Å². The number of nitrogens with two attached hydrogens (primary N) is 1. The van der Waals surface area contributed by atoms with Crippen LogP contribution in [-0.4, -0.2) is 22.7 Å². The molecule has 0 aliphatic heterocycles. The summed E-state index contributed by atoms with van der Waals surface area (Å²) in [6.45, 7) is 3.15. The zero-order valence-corrected chi connectivity index (χ0v) is 7.61. The number of thioether (sulfide) groups is 1. The van der Waals surface area contributed by atoms with E-state index >= 15 is 0 Å². The quantitative estimate of drug-likeness (QED) is 0.635. The Hall–Kier alpha value is -0.350. The van der Waals surface area contributed by atoms with Crippen LogP contribution >= 0.6 is 11.8 Å². The van der Waals surface area contributed by atoms with Gasteiger partial charge < -0.3 is 5.73 Å². The summed E-state index contributed by atoms with van der Waals surface area (Å²) in [6, 6.07) is 0.0993. The standard InChI is InChI=1S/C7H13NO2S/c1-5(8)3-4-11-7(10)6(2)9/h5H,3-4,8H2,1-2H3. The first kappa shape index (κ1) is 10.7. The smallest absolute Gasteiger partial charge is 0.254 e. The summed E-state index contributed by atoms with van der Waals surface area (Å²) in [5.74, 6) is 0.246. The third-order valence-electron chi connectivity index (χ3n) is 1.09. The van der Waals surface area contributed by atoms with Gasteiger partial charge in [-0.05, 0) is 13.3 Å². The average Bonchev–Trinajstić information content (AvgIpc) is 1.86. The average molecular weight is 175 g/mol. The van der Waals surface area contributed by atoms with Gasteiger partial charge >= 0.3 is 0 Å². The molecule has 0 heterocycles. The van der Waals surface area contributed by atoms with Crippen LogP contribution in [0.2, 0.25) is 0 Å². The van der Waals surface area contributed by atoms with Gasteiger partial charge in [0, 0.05) is 18.7 Å². The molecule has 0 saturated carbocycles. The number of hydrogen-bond acceptors (Lipinski definition) is 4.